The van der Waals surface area contributed by atoms with Crippen LogP contribution >= 0.6 is 11.6 Å². The summed E-state index contributed by atoms with van der Waals surface area (Å²) in [6, 6.07) is 12.2. The minimum atomic E-state index is -0.152. The lowest BCUT2D eigenvalue weighted by molar-refractivity contribution is 0.103. The predicted molar refractivity (Wildman–Crippen MR) is 70.3 cm³/mol. The van der Waals surface area contributed by atoms with Gasteiger partial charge in [0.25, 0.3) is 0 Å². The first-order valence-electron chi connectivity index (χ1n) is 5.61. The van der Waals surface area contributed by atoms with Gasteiger partial charge in [-0.05, 0) is 19.1 Å². The van der Waals surface area contributed by atoms with Crippen molar-refractivity contribution in [3.05, 3.63) is 58.9 Å². The highest BCUT2D eigenvalue weighted by Gasteiger charge is 2.12. The number of hydrogen-bond donors (Lipinski definition) is 0. The van der Waals surface area contributed by atoms with Gasteiger partial charge in [-0.15, -0.1) is 0 Å². The van der Waals surface area contributed by atoms with Crippen LogP contribution in [0.25, 0.3) is 0 Å². The summed E-state index contributed by atoms with van der Waals surface area (Å²) in [5, 5.41) is 0.207. The van der Waals surface area contributed by atoms with Gasteiger partial charge in [0, 0.05) is 5.56 Å². The van der Waals surface area contributed by atoms with E-state index < -0.39 is 0 Å². The minimum Gasteiger partial charge on any atom is -0.491 e. The third-order valence-corrected chi connectivity index (χ3v) is 2.65. The van der Waals surface area contributed by atoms with Gasteiger partial charge in [0.2, 0.25) is 5.78 Å². The lowest BCUT2D eigenvalue weighted by Gasteiger charge is -2.06. The largest absolute Gasteiger partial charge is 0.491 e. The molecule has 18 heavy (non-hydrogen) atoms. The van der Waals surface area contributed by atoms with Crippen molar-refractivity contribution in [3.63, 3.8) is 0 Å². The lowest BCUT2D eigenvalue weighted by atomic mass is 10.1. The van der Waals surface area contributed by atoms with E-state index in [-0.39, 0.29) is 10.9 Å². The Hall–Kier alpha value is -1.87. The first-order chi connectivity index (χ1) is 8.72. The van der Waals surface area contributed by atoms with E-state index in [2.05, 4.69) is 4.98 Å². The Kier molecular flexibility index (Phi) is 3.95. The molecule has 0 saturated carbocycles. The highest BCUT2D eigenvalue weighted by Crippen LogP contribution is 2.23. The summed E-state index contributed by atoms with van der Waals surface area (Å²) in [6.45, 7) is 2.37. The summed E-state index contributed by atoms with van der Waals surface area (Å²) in [5.41, 5.74) is 0.903. The number of nitrogens with zero attached hydrogens (tertiary/aromatic N) is 1. The number of ketones is 1. The Balaban J connectivity index is 2.30. The number of benzene rings is 1. The van der Waals surface area contributed by atoms with Gasteiger partial charge < -0.3 is 4.74 Å². The molecule has 1 aromatic heterocycles. The molecule has 0 aliphatic carbocycles. The monoisotopic (exact) mass is 261 g/mol. The minimum absolute atomic E-state index is 0.152. The molecule has 0 fully saturated rings. The Bertz CT molecular complexity index is 555. The number of hydrogen-bond acceptors (Lipinski definition) is 3. The first-order valence-corrected chi connectivity index (χ1v) is 5.99. The van der Waals surface area contributed by atoms with Gasteiger partial charge in [-0.3, -0.25) is 4.79 Å². The van der Waals surface area contributed by atoms with Crippen molar-refractivity contribution in [2.75, 3.05) is 6.61 Å². The van der Waals surface area contributed by atoms with Gasteiger partial charge in [0.15, 0.2) is 10.9 Å². The van der Waals surface area contributed by atoms with Crippen molar-refractivity contribution in [2.45, 2.75) is 6.92 Å². The van der Waals surface area contributed by atoms with E-state index in [1.807, 2.05) is 25.1 Å². The molecule has 0 atom stereocenters. The summed E-state index contributed by atoms with van der Waals surface area (Å²) in [5.74, 6) is 0.337. The van der Waals surface area contributed by atoms with Crippen molar-refractivity contribution >= 4 is 17.4 Å². The highest BCUT2D eigenvalue weighted by molar-refractivity contribution is 6.31. The smallest absolute Gasteiger partial charge is 0.211 e. The number of aromatic nitrogens is 1. The average molecular weight is 262 g/mol. The Morgan fingerprint density at radius 2 is 1.94 bits per heavy atom. The molecule has 4 heteroatoms. The Morgan fingerprint density at radius 3 is 2.56 bits per heavy atom. The van der Waals surface area contributed by atoms with Gasteiger partial charge in [-0.2, -0.15) is 0 Å². The van der Waals surface area contributed by atoms with Gasteiger partial charge in [0.1, 0.15) is 5.69 Å². The van der Waals surface area contributed by atoms with Crippen molar-refractivity contribution in [2.24, 2.45) is 0 Å². The molecule has 0 saturated heterocycles. The maximum Gasteiger partial charge on any atom is 0.211 e. The molecule has 3 nitrogen and oxygen atoms in total. The molecule has 2 rings (SSSR count). The standard InChI is InChI=1S/C14H12ClNO2/c1-2-18-12-9-8-11(16-14(12)15)13(17)10-6-4-3-5-7-10/h3-9H,2H2,1H3. The third kappa shape index (κ3) is 2.68. The molecule has 1 heterocycles. The normalized spacial score (nSPS) is 10.1. The van der Waals surface area contributed by atoms with E-state index in [1.54, 1.807) is 24.3 Å². The number of ether oxygens (including phenoxy) is 1. The van der Waals surface area contributed by atoms with E-state index in [9.17, 15) is 4.79 Å². The number of halogens is 1. The van der Waals surface area contributed by atoms with E-state index in [0.717, 1.165) is 0 Å². The molecule has 0 N–H and O–H groups in total. The molecule has 92 valence electrons. The van der Waals surface area contributed by atoms with E-state index >= 15 is 0 Å². The molecule has 0 radical (unpaired) electrons. The summed E-state index contributed by atoms with van der Waals surface area (Å²) in [7, 11) is 0. The molecule has 0 unspecified atom stereocenters. The van der Waals surface area contributed by atoms with Crippen molar-refractivity contribution in [1.29, 1.82) is 0 Å². The summed E-state index contributed by atoms with van der Waals surface area (Å²) in [4.78, 5) is 16.2. The first kappa shape index (κ1) is 12.6. The van der Waals surface area contributed by atoms with Crippen LogP contribution < -0.4 is 4.74 Å². The molecule has 0 bridgehead atoms. The zero-order valence-corrected chi connectivity index (χ0v) is 10.6. The number of rotatable bonds is 4. The highest BCUT2D eigenvalue weighted by atomic mass is 35.5. The van der Waals surface area contributed by atoms with Gasteiger partial charge in [-0.1, -0.05) is 41.9 Å². The summed E-state index contributed by atoms with van der Waals surface area (Å²) in [6.07, 6.45) is 0. The second-order valence-electron chi connectivity index (χ2n) is 3.61. The topological polar surface area (TPSA) is 39.2 Å². The van der Waals surface area contributed by atoms with Crippen LogP contribution in [0.1, 0.15) is 23.0 Å². The fraction of sp³-hybridized carbons (Fsp3) is 0.143. The average Bonchev–Trinajstić information content (AvgIpc) is 2.41. The fourth-order valence-corrected chi connectivity index (χ4v) is 1.76. The van der Waals surface area contributed by atoms with Gasteiger partial charge in [0.05, 0.1) is 6.61 Å². The maximum absolute atomic E-state index is 12.1. The lowest BCUT2D eigenvalue weighted by Crippen LogP contribution is -2.05. The van der Waals surface area contributed by atoms with Crippen LogP contribution in [0.4, 0.5) is 0 Å². The second kappa shape index (κ2) is 5.65. The van der Waals surface area contributed by atoms with E-state index in [1.165, 1.54) is 0 Å². The molecule has 0 aliphatic rings. The van der Waals surface area contributed by atoms with E-state index in [4.69, 9.17) is 16.3 Å². The molecule has 0 aliphatic heterocycles. The van der Waals surface area contributed by atoms with Crippen molar-refractivity contribution < 1.29 is 9.53 Å². The number of pyridine rings is 1. The maximum atomic E-state index is 12.1. The molecule has 2 aromatic rings. The molecule has 1 aromatic carbocycles. The molecular weight excluding hydrogens is 250 g/mol. The molecule has 0 amide bonds. The van der Waals surface area contributed by atoms with Crippen LogP contribution in [0.15, 0.2) is 42.5 Å². The molecular formula is C14H12ClNO2. The second-order valence-corrected chi connectivity index (χ2v) is 3.97. The quantitative estimate of drug-likeness (QED) is 0.626. The van der Waals surface area contributed by atoms with Crippen LogP contribution in [0.3, 0.4) is 0 Å². The van der Waals surface area contributed by atoms with Crippen molar-refractivity contribution in [3.8, 4) is 5.75 Å². The van der Waals surface area contributed by atoms with E-state index in [0.29, 0.717) is 23.6 Å². The zero-order chi connectivity index (χ0) is 13.0. The van der Waals surface area contributed by atoms with Crippen LogP contribution in [0, 0.1) is 0 Å². The summed E-state index contributed by atoms with van der Waals surface area (Å²) >= 11 is 5.95. The predicted octanol–water partition coefficient (Wildman–Crippen LogP) is 3.36. The van der Waals surface area contributed by atoms with Crippen LogP contribution in [-0.4, -0.2) is 17.4 Å². The van der Waals surface area contributed by atoms with Gasteiger partial charge >= 0.3 is 0 Å². The van der Waals surface area contributed by atoms with Crippen LogP contribution in [-0.2, 0) is 0 Å². The van der Waals surface area contributed by atoms with Crippen LogP contribution in [0.2, 0.25) is 5.15 Å². The summed E-state index contributed by atoms with van der Waals surface area (Å²) < 4.78 is 5.27. The molecule has 0 spiro atoms. The Labute approximate surface area is 110 Å². The third-order valence-electron chi connectivity index (χ3n) is 2.38. The van der Waals surface area contributed by atoms with Crippen molar-refractivity contribution in [1.82, 2.24) is 4.98 Å². The fourth-order valence-electron chi connectivity index (χ4n) is 1.55. The Morgan fingerprint density at radius 1 is 1.22 bits per heavy atom. The van der Waals surface area contributed by atoms with Crippen LogP contribution in [0.5, 0.6) is 5.75 Å². The number of carbonyl (C=O) groups excluding carboxylic acids is 1. The zero-order valence-electron chi connectivity index (χ0n) is 9.89. The van der Waals surface area contributed by atoms with Gasteiger partial charge in [-0.25, -0.2) is 4.98 Å². The SMILES string of the molecule is CCOc1ccc(C(=O)c2ccccc2)nc1Cl. The number of carbonyl (C=O) groups is 1.